The number of nitriles is 1. The van der Waals surface area contributed by atoms with E-state index in [1.165, 1.54) is 6.92 Å². The molecule has 6 nitrogen and oxygen atoms in total. The van der Waals surface area contributed by atoms with Gasteiger partial charge in [0.1, 0.15) is 18.2 Å². The van der Waals surface area contributed by atoms with Crippen LogP contribution in [0.3, 0.4) is 0 Å². The number of nitrogens with zero attached hydrogens (tertiary/aromatic N) is 2. The third-order valence-electron chi connectivity index (χ3n) is 2.44. The smallest absolute Gasteiger partial charge is 0.303 e. The number of para-hydroxylation sites is 2. The number of allylic oxidation sites excluding steroid dienone is 1. The van der Waals surface area contributed by atoms with Crippen LogP contribution in [0.5, 0.6) is 0 Å². The maximum Gasteiger partial charge on any atom is 0.303 e. The van der Waals surface area contributed by atoms with Gasteiger partial charge < -0.3 is 14.8 Å². The van der Waals surface area contributed by atoms with Gasteiger partial charge in [-0.1, -0.05) is 12.1 Å². The predicted octanol–water partition coefficient (Wildman–Crippen LogP) is 1.92. The molecule has 0 bridgehead atoms. The standard InChI is InChI=1S/C13H11N3O3/c1-8(17)19-7-12(18)9(6-14)13-15-10-4-2-3-5-11(10)16-13/h2-5,18H,7H2,1H3,(H,15,16)/b12-9-. The SMILES string of the molecule is CC(=O)OC/C(O)=C(\C#N)c1nc2ccccc2[nH]1. The first-order chi connectivity index (χ1) is 9.11. The molecule has 2 rings (SSSR count). The van der Waals surface area contributed by atoms with Crippen LogP contribution in [0.4, 0.5) is 0 Å². The first-order valence-corrected chi connectivity index (χ1v) is 5.52. The van der Waals surface area contributed by atoms with E-state index in [-0.39, 0.29) is 23.8 Å². The molecule has 1 aromatic heterocycles. The molecule has 1 heterocycles. The summed E-state index contributed by atoms with van der Waals surface area (Å²) in [7, 11) is 0. The van der Waals surface area contributed by atoms with E-state index in [1.807, 2.05) is 24.3 Å². The number of hydrogen-bond donors (Lipinski definition) is 2. The van der Waals surface area contributed by atoms with Crippen LogP contribution >= 0.6 is 0 Å². The average Bonchev–Trinajstić information content (AvgIpc) is 2.80. The highest BCUT2D eigenvalue weighted by Crippen LogP contribution is 2.18. The number of aliphatic hydroxyl groups excluding tert-OH is 1. The topological polar surface area (TPSA) is 99.0 Å². The Labute approximate surface area is 109 Å². The third-order valence-corrected chi connectivity index (χ3v) is 2.44. The number of imidazole rings is 1. The second-order valence-electron chi connectivity index (χ2n) is 3.82. The van der Waals surface area contributed by atoms with E-state index in [0.29, 0.717) is 5.52 Å². The molecule has 2 aromatic rings. The number of hydrogen-bond acceptors (Lipinski definition) is 5. The zero-order chi connectivity index (χ0) is 13.8. The molecular weight excluding hydrogens is 246 g/mol. The van der Waals surface area contributed by atoms with Gasteiger partial charge in [0.15, 0.2) is 11.6 Å². The van der Waals surface area contributed by atoms with E-state index in [1.54, 1.807) is 6.07 Å². The lowest BCUT2D eigenvalue weighted by atomic mass is 10.2. The van der Waals surface area contributed by atoms with Gasteiger partial charge >= 0.3 is 5.97 Å². The molecule has 0 saturated heterocycles. The van der Waals surface area contributed by atoms with Gasteiger partial charge in [-0.3, -0.25) is 4.79 Å². The Hall–Kier alpha value is -2.81. The molecule has 0 fully saturated rings. The average molecular weight is 257 g/mol. The van der Waals surface area contributed by atoms with Gasteiger partial charge in [0.25, 0.3) is 0 Å². The highest BCUT2D eigenvalue weighted by atomic mass is 16.5. The number of carbonyl (C=O) groups excluding carboxylic acids is 1. The second-order valence-corrected chi connectivity index (χ2v) is 3.82. The Bertz CT molecular complexity index is 661. The van der Waals surface area contributed by atoms with Gasteiger partial charge in [0.05, 0.1) is 11.0 Å². The van der Waals surface area contributed by atoms with Crippen molar-refractivity contribution < 1.29 is 14.6 Å². The minimum Gasteiger partial charge on any atom is -0.507 e. The van der Waals surface area contributed by atoms with E-state index in [2.05, 4.69) is 14.7 Å². The zero-order valence-electron chi connectivity index (χ0n) is 10.2. The third kappa shape index (κ3) is 2.72. The maximum absolute atomic E-state index is 10.7. The number of benzene rings is 1. The Morgan fingerprint density at radius 2 is 2.26 bits per heavy atom. The van der Waals surface area contributed by atoms with Crippen molar-refractivity contribution in [2.45, 2.75) is 6.92 Å². The fraction of sp³-hybridized carbons (Fsp3) is 0.154. The monoisotopic (exact) mass is 257 g/mol. The normalized spacial score (nSPS) is 11.8. The lowest BCUT2D eigenvalue weighted by molar-refractivity contribution is -0.140. The minimum absolute atomic E-state index is 0.0440. The summed E-state index contributed by atoms with van der Waals surface area (Å²) in [6.07, 6.45) is 0. The molecule has 2 N–H and O–H groups in total. The van der Waals surface area contributed by atoms with E-state index in [0.717, 1.165) is 5.52 Å². The number of carbonyl (C=O) groups is 1. The number of H-pyrrole nitrogens is 1. The largest absolute Gasteiger partial charge is 0.507 e. The molecule has 96 valence electrons. The molecule has 0 atom stereocenters. The van der Waals surface area contributed by atoms with Crippen molar-refractivity contribution in [1.29, 1.82) is 5.26 Å². The van der Waals surface area contributed by atoms with Crippen molar-refractivity contribution in [3.63, 3.8) is 0 Å². The predicted molar refractivity (Wildman–Crippen MR) is 67.9 cm³/mol. The molecule has 0 amide bonds. The van der Waals surface area contributed by atoms with Gasteiger partial charge in [0, 0.05) is 6.92 Å². The molecule has 0 aliphatic rings. The highest BCUT2D eigenvalue weighted by Gasteiger charge is 2.13. The highest BCUT2D eigenvalue weighted by molar-refractivity contribution is 5.82. The van der Waals surface area contributed by atoms with Crippen LogP contribution in [0, 0.1) is 11.3 Å². The first kappa shape index (κ1) is 12.6. The Kier molecular flexibility index (Phi) is 3.48. The number of esters is 1. The number of aliphatic hydroxyl groups is 1. The Balaban J connectivity index is 2.38. The summed E-state index contributed by atoms with van der Waals surface area (Å²) in [5.41, 5.74) is 1.40. The van der Waals surface area contributed by atoms with E-state index in [4.69, 9.17) is 5.26 Å². The van der Waals surface area contributed by atoms with Gasteiger partial charge in [-0.2, -0.15) is 5.26 Å². The summed E-state index contributed by atoms with van der Waals surface area (Å²) >= 11 is 0. The molecule has 0 spiro atoms. The lowest BCUT2D eigenvalue weighted by Gasteiger charge is -2.02. The lowest BCUT2D eigenvalue weighted by Crippen LogP contribution is -2.05. The van der Waals surface area contributed by atoms with Crippen molar-refractivity contribution in [3.8, 4) is 6.07 Å². The van der Waals surface area contributed by atoms with E-state index < -0.39 is 5.97 Å². The van der Waals surface area contributed by atoms with Gasteiger partial charge in [-0.15, -0.1) is 0 Å². The summed E-state index contributed by atoms with van der Waals surface area (Å²) in [5, 5.41) is 18.8. The summed E-state index contributed by atoms with van der Waals surface area (Å²) in [4.78, 5) is 17.8. The summed E-state index contributed by atoms with van der Waals surface area (Å²) in [6.45, 7) is 0.871. The zero-order valence-corrected chi connectivity index (χ0v) is 10.2. The fourth-order valence-corrected chi connectivity index (χ4v) is 1.57. The number of rotatable bonds is 3. The molecule has 0 radical (unpaired) electrons. The second kappa shape index (κ2) is 5.23. The maximum atomic E-state index is 10.7. The van der Waals surface area contributed by atoms with E-state index in [9.17, 15) is 9.90 Å². The van der Waals surface area contributed by atoms with Crippen molar-refractivity contribution in [1.82, 2.24) is 9.97 Å². The van der Waals surface area contributed by atoms with Crippen LogP contribution in [0.1, 0.15) is 12.7 Å². The van der Waals surface area contributed by atoms with Gasteiger partial charge in [0.2, 0.25) is 0 Å². The molecule has 6 heteroatoms. The summed E-state index contributed by atoms with van der Waals surface area (Å²) < 4.78 is 4.64. The number of nitrogens with one attached hydrogen (secondary N) is 1. The number of ether oxygens (including phenoxy) is 1. The fourth-order valence-electron chi connectivity index (χ4n) is 1.57. The van der Waals surface area contributed by atoms with Crippen molar-refractivity contribution >= 4 is 22.6 Å². The van der Waals surface area contributed by atoms with Crippen LogP contribution in [-0.2, 0) is 9.53 Å². The van der Waals surface area contributed by atoms with Gasteiger partial charge in [-0.25, -0.2) is 4.98 Å². The summed E-state index contributed by atoms with van der Waals surface area (Å²) in [6, 6.07) is 9.10. The molecule has 0 unspecified atom stereocenters. The molecule has 1 aromatic carbocycles. The van der Waals surface area contributed by atoms with Crippen LogP contribution in [0.25, 0.3) is 16.6 Å². The molecular formula is C13H11N3O3. The van der Waals surface area contributed by atoms with Crippen molar-refractivity contribution in [3.05, 3.63) is 35.8 Å². The van der Waals surface area contributed by atoms with Crippen molar-refractivity contribution in [2.75, 3.05) is 6.61 Å². The quantitative estimate of drug-likeness (QED) is 0.497. The van der Waals surface area contributed by atoms with Crippen LogP contribution in [0.15, 0.2) is 30.0 Å². The van der Waals surface area contributed by atoms with Crippen LogP contribution < -0.4 is 0 Å². The molecule has 0 aliphatic carbocycles. The molecule has 19 heavy (non-hydrogen) atoms. The number of aromatic nitrogens is 2. The Morgan fingerprint density at radius 3 is 2.89 bits per heavy atom. The molecule has 0 saturated carbocycles. The van der Waals surface area contributed by atoms with E-state index >= 15 is 0 Å². The van der Waals surface area contributed by atoms with Crippen molar-refractivity contribution in [2.24, 2.45) is 0 Å². The summed E-state index contributed by atoms with van der Waals surface area (Å²) in [5.74, 6) is -0.626. The number of fused-ring (bicyclic) bond motifs is 1. The van der Waals surface area contributed by atoms with Crippen LogP contribution in [0.2, 0.25) is 0 Å². The van der Waals surface area contributed by atoms with Crippen LogP contribution in [-0.4, -0.2) is 27.7 Å². The molecule has 0 aliphatic heterocycles. The Morgan fingerprint density at radius 1 is 1.53 bits per heavy atom. The first-order valence-electron chi connectivity index (χ1n) is 5.52. The minimum atomic E-state index is -0.534. The van der Waals surface area contributed by atoms with Gasteiger partial charge in [-0.05, 0) is 12.1 Å². The number of aromatic amines is 1.